The molecule has 0 aliphatic heterocycles. The maximum Gasteiger partial charge on any atom is 0.298 e. The van der Waals surface area contributed by atoms with Gasteiger partial charge >= 0.3 is 0 Å². The number of hydrogen-bond acceptors (Lipinski definition) is 5. The van der Waals surface area contributed by atoms with E-state index in [9.17, 15) is 13.9 Å². The van der Waals surface area contributed by atoms with Crippen LogP contribution in [0.25, 0.3) is 15.9 Å². The number of aliphatic hydroxyl groups is 1. The Labute approximate surface area is 183 Å². The van der Waals surface area contributed by atoms with Crippen molar-refractivity contribution in [1.29, 1.82) is 0 Å². The van der Waals surface area contributed by atoms with Gasteiger partial charge in [-0.25, -0.2) is 21.5 Å². The van der Waals surface area contributed by atoms with Gasteiger partial charge in [0.15, 0.2) is 5.65 Å². The molecule has 1 aromatic carbocycles. The third kappa shape index (κ3) is 3.80. The fourth-order valence-electron chi connectivity index (χ4n) is 3.51. The molecule has 0 saturated heterocycles. The van der Waals surface area contributed by atoms with E-state index in [0.29, 0.717) is 28.0 Å². The Bertz CT molecular complexity index is 1190. The normalized spacial score (nSPS) is 17.1. The summed E-state index contributed by atoms with van der Waals surface area (Å²) in [6.45, 7) is 10.4. The van der Waals surface area contributed by atoms with Crippen molar-refractivity contribution in [3.8, 4) is 0 Å². The van der Waals surface area contributed by atoms with Gasteiger partial charge in [0, 0.05) is 24.4 Å². The first kappa shape index (κ1) is 21.3. The first-order chi connectivity index (χ1) is 14.7. The van der Waals surface area contributed by atoms with Gasteiger partial charge in [-0.3, -0.25) is 0 Å². The van der Waals surface area contributed by atoms with Crippen LogP contribution in [0.2, 0.25) is 5.15 Å². The fourth-order valence-corrected chi connectivity index (χ4v) is 3.82. The lowest BCUT2D eigenvalue weighted by Gasteiger charge is -2.22. The van der Waals surface area contributed by atoms with Gasteiger partial charge in [0.25, 0.3) is 11.5 Å². The molecule has 9 heteroatoms. The molecule has 3 aromatic rings. The standard InChI is InChI=1S/C22H20ClF2N5O/c1-12(14-5-4-6-15(9-14)22(24,25)13(2)31)29-19-16-10-17(21(26-3)7-8-21)18(23)30-20(16)28-11-27-19/h4-6,9-13,31H,7-8H2,1-2H3,(H,27,28,29,30)/t12-,13-/m1/s1. The molecular weight excluding hydrogens is 424 g/mol. The third-order valence-electron chi connectivity index (χ3n) is 5.67. The van der Waals surface area contributed by atoms with Crippen LogP contribution in [0.3, 0.4) is 0 Å². The summed E-state index contributed by atoms with van der Waals surface area (Å²) in [6.07, 6.45) is 0.990. The van der Waals surface area contributed by atoms with Crippen LogP contribution < -0.4 is 5.32 Å². The second-order valence-electron chi connectivity index (χ2n) is 7.85. The summed E-state index contributed by atoms with van der Waals surface area (Å²) in [6, 6.07) is 7.33. The predicted molar refractivity (Wildman–Crippen MR) is 114 cm³/mol. The Morgan fingerprint density at radius 2 is 2.00 bits per heavy atom. The average molecular weight is 444 g/mol. The highest BCUT2D eigenvalue weighted by Gasteiger charge is 2.54. The van der Waals surface area contributed by atoms with E-state index in [-0.39, 0.29) is 16.8 Å². The van der Waals surface area contributed by atoms with Crippen molar-refractivity contribution in [3.63, 3.8) is 0 Å². The van der Waals surface area contributed by atoms with Gasteiger partial charge in [0.2, 0.25) is 0 Å². The molecule has 31 heavy (non-hydrogen) atoms. The molecule has 0 unspecified atom stereocenters. The van der Waals surface area contributed by atoms with E-state index in [0.717, 1.165) is 19.8 Å². The number of rotatable bonds is 6. The van der Waals surface area contributed by atoms with Gasteiger partial charge in [-0.2, -0.15) is 8.78 Å². The number of aliphatic hydroxyl groups excluding tert-OH is 1. The van der Waals surface area contributed by atoms with E-state index < -0.39 is 17.6 Å². The van der Waals surface area contributed by atoms with Crippen LogP contribution in [0.15, 0.2) is 36.7 Å². The van der Waals surface area contributed by atoms with Crippen LogP contribution in [0.1, 0.15) is 49.4 Å². The summed E-state index contributed by atoms with van der Waals surface area (Å²) in [5, 5.41) is 13.5. The Kier molecular flexibility index (Phi) is 5.28. The highest BCUT2D eigenvalue weighted by atomic mass is 35.5. The molecule has 6 nitrogen and oxygen atoms in total. The number of alkyl halides is 2. The monoisotopic (exact) mass is 443 g/mol. The van der Waals surface area contributed by atoms with Gasteiger partial charge in [0.05, 0.1) is 10.9 Å². The molecule has 2 aromatic heterocycles. The van der Waals surface area contributed by atoms with E-state index >= 15 is 0 Å². The number of nitrogens with zero attached hydrogens (tertiary/aromatic N) is 4. The van der Waals surface area contributed by atoms with Crippen molar-refractivity contribution < 1.29 is 13.9 Å². The van der Waals surface area contributed by atoms with Crippen LogP contribution in [0.4, 0.5) is 14.6 Å². The van der Waals surface area contributed by atoms with Crippen LogP contribution in [0.5, 0.6) is 0 Å². The molecule has 1 aliphatic carbocycles. The Hall–Kier alpha value is -2.89. The number of benzene rings is 1. The van der Waals surface area contributed by atoms with Crippen molar-refractivity contribution >= 4 is 28.5 Å². The molecule has 160 valence electrons. The van der Waals surface area contributed by atoms with Gasteiger partial charge in [0.1, 0.15) is 23.4 Å². The Morgan fingerprint density at radius 1 is 1.26 bits per heavy atom. The minimum atomic E-state index is -3.36. The Morgan fingerprint density at radius 3 is 2.65 bits per heavy atom. The van der Waals surface area contributed by atoms with Crippen molar-refractivity contribution in [2.24, 2.45) is 0 Å². The molecule has 2 N–H and O–H groups in total. The summed E-state index contributed by atoms with van der Waals surface area (Å²) in [5.41, 5.74) is 0.739. The van der Waals surface area contributed by atoms with E-state index in [1.807, 2.05) is 6.92 Å². The first-order valence-electron chi connectivity index (χ1n) is 9.81. The SMILES string of the molecule is [C-]#[N+]C1(c2cc3c(N[C@H](C)c4cccc(C(F)(F)[C@@H](C)O)c4)ncnc3nc2Cl)CC1. The Balaban J connectivity index is 1.69. The topological polar surface area (TPSA) is 75.3 Å². The second kappa shape index (κ2) is 7.66. The van der Waals surface area contributed by atoms with Gasteiger partial charge < -0.3 is 15.3 Å². The van der Waals surface area contributed by atoms with Crippen LogP contribution >= 0.6 is 11.6 Å². The molecule has 1 saturated carbocycles. The molecule has 1 fully saturated rings. The zero-order valence-electron chi connectivity index (χ0n) is 16.9. The lowest BCUT2D eigenvalue weighted by Crippen LogP contribution is -2.28. The highest BCUT2D eigenvalue weighted by Crippen LogP contribution is 2.52. The van der Waals surface area contributed by atoms with Crippen molar-refractivity contribution in [3.05, 3.63) is 69.9 Å². The summed E-state index contributed by atoms with van der Waals surface area (Å²) in [5.74, 6) is -2.89. The van der Waals surface area contributed by atoms with Crippen molar-refractivity contribution in [1.82, 2.24) is 15.0 Å². The first-order valence-corrected chi connectivity index (χ1v) is 10.2. The number of hydrogen-bond donors (Lipinski definition) is 2. The van der Waals surface area contributed by atoms with E-state index in [1.54, 1.807) is 12.1 Å². The lowest BCUT2D eigenvalue weighted by atomic mass is 9.99. The number of anilines is 1. The molecular formula is C22H20ClF2N5O. The molecule has 0 amide bonds. The summed E-state index contributed by atoms with van der Waals surface area (Å²) in [4.78, 5) is 16.5. The number of halogens is 3. The number of aromatic nitrogens is 3. The molecule has 2 atom stereocenters. The quantitative estimate of drug-likeness (QED) is 0.403. The lowest BCUT2D eigenvalue weighted by molar-refractivity contribution is -0.106. The van der Waals surface area contributed by atoms with Crippen molar-refractivity contribution in [2.75, 3.05) is 5.32 Å². The minimum absolute atomic E-state index is 0.256. The predicted octanol–water partition coefficient (Wildman–Crippen LogP) is 5.23. The molecule has 0 spiro atoms. The summed E-state index contributed by atoms with van der Waals surface area (Å²) < 4.78 is 28.5. The molecule has 2 heterocycles. The van der Waals surface area contributed by atoms with Crippen LogP contribution in [0, 0.1) is 6.57 Å². The van der Waals surface area contributed by atoms with E-state index in [1.165, 1.54) is 24.5 Å². The largest absolute Gasteiger partial charge is 0.387 e. The second-order valence-corrected chi connectivity index (χ2v) is 8.21. The van der Waals surface area contributed by atoms with E-state index in [4.69, 9.17) is 18.2 Å². The minimum Gasteiger partial charge on any atom is -0.387 e. The molecule has 1 aliphatic rings. The maximum absolute atomic E-state index is 14.3. The zero-order chi connectivity index (χ0) is 22.4. The van der Waals surface area contributed by atoms with Crippen LogP contribution in [-0.2, 0) is 11.5 Å². The van der Waals surface area contributed by atoms with Gasteiger partial charge in [-0.1, -0.05) is 29.8 Å². The highest BCUT2D eigenvalue weighted by molar-refractivity contribution is 6.30. The summed E-state index contributed by atoms with van der Waals surface area (Å²) >= 11 is 6.32. The maximum atomic E-state index is 14.3. The zero-order valence-corrected chi connectivity index (χ0v) is 17.7. The van der Waals surface area contributed by atoms with Crippen molar-refractivity contribution in [2.45, 2.75) is 50.3 Å². The van der Waals surface area contributed by atoms with Gasteiger partial charge in [-0.05, 0) is 31.5 Å². The number of fused-ring (bicyclic) bond motifs is 1. The fraction of sp³-hybridized carbons (Fsp3) is 0.364. The third-order valence-corrected chi connectivity index (χ3v) is 5.95. The van der Waals surface area contributed by atoms with E-state index in [2.05, 4.69) is 25.1 Å². The molecule has 0 radical (unpaired) electrons. The molecule has 0 bridgehead atoms. The number of nitrogens with one attached hydrogen (secondary N) is 1. The number of pyridine rings is 1. The smallest absolute Gasteiger partial charge is 0.298 e. The van der Waals surface area contributed by atoms with Crippen LogP contribution in [-0.4, -0.2) is 26.2 Å². The average Bonchev–Trinajstić information content (AvgIpc) is 3.54. The molecule has 4 rings (SSSR count). The summed E-state index contributed by atoms with van der Waals surface area (Å²) in [7, 11) is 0. The van der Waals surface area contributed by atoms with Gasteiger partial charge in [-0.15, -0.1) is 0 Å².